The lowest BCUT2D eigenvalue weighted by molar-refractivity contribution is 0.163. The molecule has 0 aliphatic carbocycles. The average molecular weight is 277 g/mol. The maximum Gasteiger partial charge on any atom is 0.258 e. The van der Waals surface area contributed by atoms with E-state index in [0.717, 1.165) is 36.2 Å². The SMILES string of the molecule is CC[C@@H]1CCCN(Cc2cc(=O)n3ccsc3n2)C1. The molecular weight excluding hydrogens is 258 g/mol. The van der Waals surface area contributed by atoms with Crippen LogP contribution in [0.15, 0.2) is 22.4 Å². The quantitative estimate of drug-likeness (QED) is 0.864. The van der Waals surface area contributed by atoms with Crippen molar-refractivity contribution in [1.82, 2.24) is 14.3 Å². The molecule has 0 saturated carbocycles. The summed E-state index contributed by atoms with van der Waals surface area (Å²) in [5, 5.41) is 1.90. The van der Waals surface area contributed by atoms with Crippen LogP contribution in [-0.2, 0) is 6.54 Å². The minimum atomic E-state index is 0.0327. The van der Waals surface area contributed by atoms with Crippen molar-refractivity contribution in [2.45, 2.75) is 32.7 Å². The fraction of sp³-hybridized carbons (Fsp3) is 0.571. The van der Waals surface area contributed by atoms with Gasteiger partial charge in [-0.15, -0.1) is 11.3 Å². The Bertz CT molecular complexity index is 618. The lowest BCUT2D eigenvalue weighted by Crippen LogP contribution is -2.35. The summed E-state index contributed by atoms with van der Waals surface area (Å²) in [5.74, 6) is 0.806. The number of aromatic nitrogens is 2. The van der Waals surface area contributed by atoms with E-state index >= 15 is 0 Å². The Morgan fingerprint density at radius 2 is 2.42 bits per heavy atom. The average Bonchev–Trinajstić information content (AvgIpc) is 2.88. The molecule has 0 radical (unpaired) electrons. The lowest BCUT2D eigenvalue weighted by atomic mass is 9.95. The van der Waals surface area contributed by atoms with E-state index in [1.54, 1.807) is 16.7 Å². The Kier molecular flexibility index (Phi) is 3.66. The van der Waals surface area contributed by atoms with Crippen LogP contribution in [0.25, 0.3) is 4.96 Å². The van der Waals surface area contributed by atoms with Crippen LogP contribution in [-0.4, -0.2) is 27.4 Å². The third kappa shape index (κ3) is 2.72. The molecule has 4 nitrogen and oxygen atoms in total. The predicted octanol–water partition coefficient (Wildman–Crippen LogP) is 2.38. The molecule has 1 saturated heterocycles. The van der Waals surface area contributed by atoms with E-state index in [4.69, 9.17) is 0 Å². The summed E-state index contributed by atoms with van der Waals surface area (Å²) >= 11 is 1.52. The first-order valence-electron chi connectivity index (χ1n) is 6.94. The van der Waals surface area contributed by atoms with E-state index in [9.17, 15) is 4.79 Å². The van der Waals surface area contributed by atoms with Crippen LogP contribution in [0.1, 0.15) is 31.9 Å². The van der Waals surface area contributed by atoms with Gasteiger partial charge in [-0.2, -0.15) is 0 Å². The maximum atomic E-state index is 11.9. The first-order chi connectivity index (χ1) is 9.26. The normalized spacial score (nSPS) is 21.0. The molecule has 1 aliphatic heterocycles. The van der Waals surface area contributed by atoms with Crippen molar-refractivity contribution in [2.75, 3.05) is 13.1 Å². The van der Waals surface area contributed by atoms with Gasteiger partial charge in [0.1, 0.15) is 0 Å². The molecule has 0 amide bonds. The maximum absolute atomic E-state index is 11.9. The molecule has 0 N–H and O–H groups in total. The van der Waals surface area contributed by atoms with Crippen LogP contribution in [0.5, 0.6) is 0 Å². The Morgan fingerprint density at radius 1 is 1.53 bits per heavy atom. The van der Waals surface area contributed by atoms with Gasteiger partial charge in [0, 0.05) is 30.7 Å². The Balaban J connectivity index is 1.79. The highest BCUT2D eigenvalue weighted by molar-refractivity contribution is 7.15. The van der Waals surface area contributed by atoms with Gasteiger partial charge in [-0.1, -0.05) is 13.3 Å². The minimum Gasteiger partial charge on any atom is -0.297 e. The molecular formula is C14H19N3OS. The summed E-state index contributed by atoms with van der Waals surface area (Å²) in [6, 6.07) is 1.68. The highest BCUT2D eigenvalue weighted by Crippen LogP contribution is 2.20. The smallest absolute Gasteiger partial charge is 0.258 e. The molecule has 1 aliphatic rings. The molecule has 102 valence electrons. The number of rotatable bonds is 3. The number of thiazole rings is 1. The van der Waals surface area contributed by atoms with Crippen LogP contribution in [0.2, 0.25) is 0 Å². The largest absolute Gasteiger partial charge is 0.297 e. The van der Waals surface area contributed by atoms with Gasteiger partial charge >= 0.3 is 0 Å². The Labute approximate surface area is 116 Å². The summed E-state index contributed by atoms with van der Waals surface area (Å²) in [6.07, 6.45) is 5.63. The summed E-state index contributed by atoms with van der Waals surface area (Å²) in [7, 11) is 0. The van der Waals surface area contributed by atoms with Gasteiger partial charge in [0.25, 0.3) is 5.56 Å². The second-order valence-electron chi connectivity index (χ2n) is 5.29. The molecule has 0 unspecified atom stereocenters. The van der Waals surface area contributed by atoms with Gasteiger partial charge in [-0.3, -0.25) is 14.1 Å². The van der Waals surface area contributed by atoms with Crippen molar-refractivity contribution in [3.8, 4) is 0 Å². The van der Waals surface area contributed by atoms with Crippen LogP contribution in [0, 0.1) is 5.92 Å². The molecule has 1 atom stereocenters. The number of likely N-dealkylation sites (tertiary alicyclic amines) is 1. The molecule has 5 heteroatoms. The molecule has 3 rings (SSSR count). The monoisotopic (exact) mass is 277 g/mol. The zero-order valence-electron chi connectivity index (χ0n) is 11.2. The summed E-state index contributed by atoms with van der Waals surface area (Å²) in [6.45, 7) is 5.33. The molecule has 0 spiro atoms. The summed E-state index contributed by atoms with van der Waals surface area (Å²) in [5.41, 5.74) is 0.939. The second-order valence-corrected chi connectivity index (χ2v) is 6.17. The number of hydrogen-bond acceptors (Lipinski definition) is 4. The van der Waals surface area contributed by atoms with E-state index < -0.39 is 0 Å². The van der Waals surface area contributed by atoms with Crippen LogP contribution < -0.4 is 5.56 Å². The molecule has 2 aromatic heterocycles. The zero-order chi connectivity index (χ0) is 13.2. The second kappa shape index (κ2) is 5.43. The van der Waals surface area contributed by atoms with Crippen LogP contribution >= 0.6 is 11.3 Å². The highest BCUT2D eigenvalue weighted by atomic mass is 32.1. The molecule has 0 aromatic carbocycles. The van der Waals surface area contributed by atoms with Gasteiger partial charge in [0.05, 0.1) is 5.69 Å². The van der Waals surface area contributed by atoms with Gasteiger partial charge < -0.3 is 0 Å². The topological polar surface area (TPSA) is 37.6 Å². The van der Waals surface area contributed by atoms with Crippen molar-refractivity contribution >= 4 is 16.3 Å². The third-order valence-corrected chi connectivity index (χ3v) is 4.68. The van der Waals surface area contributed by atoms with Crippen molar-refractivity contribution in [1.29, 1.82) is 0 Å². The molecule has 19 heavy (non-hydrogen) atoms. The van der Waals surface area contributed by atoms with Gasteiger partial charge in [-0.05, 0) is 25.3 Å². The van der Waals surface area contributed by atoms with Crippen LogP contribution in [0.4, 0.5) is 0 Å². The first-order valence-corrected chi connectivity index (χ1v) is 7.82. The highest BCUT2D eigenvalue weighted by Gasteiger charge is 2.19. The van der Waals surface area contributed by atoms with Gasteiger partial charge in [-0.25, -0.2) is 4.98 Å². The third-order valence-electron chi connectivity index (χ3n) is 3.92. The van der Waals surface area contributed by atoms with Crippen molar-refractivity contribution < 1.29 is 0 Å². The minimum absolute atomic E-state index is 0.0327. The zero-order valence-corrected chi connectivity index (χ0v) is 12.0. The van der Waals surface area contributed by atoms with Gasteiger partial charge in [0.15, 0.2) is 4.96 Å². The van der Waals surface area contributed by atoms with Crippen molar-refractivity contribution in [3.63, 3.8) is 0 Å². The lowest BCUT2D eigenvalue weighted by Gasteiger charge is -2.31. The molecule has 0 bridgehead atoms. The van der Waals surface area contributed by atoms with E-state index in [2.05, 4.69) is 16.8 Å². The van der Waals surface area contributed by atoms with E-state index in [1.165, 1.54) is 30.6 Å². The fourth-order valence-electron chi connectivity index (χ4n) is 2.83. The number of piperidine rings is 1. The predicted molar refractivity (Wildman–Crippen MR) is 77.6 cm³/mol. The standard InChI is InChI=1S/C14H19N3OS/c1-2-11-4-3-5-16(9-11)10-12-8-13(18)17-6-7-19-14(17)15-12/h6-8,11H,2-5,9-10H2,1H3/t11-/m1/s1. The summed E-state index contributed by atoms with van der Waals surface area (Å²) < 4.78 is 1.61. The van der Waals surface area contributed by atoms with Crippen LogP contribution in [0.3, 0.4) is 0 Å². The van der Waals surface area contributed by atoms with Gasteiger partial charge in [0.2, 0.25) is 0 Å². The van der Waals surface area contributed by atoms with E-state index in [1.807, 2.05) is 5.38 Å². The Morgan fingerprint density at radius 3 is 3.26 bits per heavy atom. The van der Waals surface area contributed by atoms with Crippen molar-refractivity contribution in [3.05, 3.63) is 33.7 Å². The van der Waals surface area contributed by atoms with Crippen molar-refractivity contribution in [2.24, 2.45) is 5.92 Å². The van der Waals surface area contributed by atoms with E-state index in [0.29, 0.717) is 0 Å². The first kappa shape index (κ1) is 12.8. The molecule has 1 fully saturated rings. The molecule has 2 aromatic rings. The Hall–Kier alpha value is -1.20. The molecule has 3 heterocycles. The fourth-order valence-corrected chi connectivity index (χ4v) is 3.56. The number of fused-ring (bicyclic) bond motifs is 1. The summed E-state index contributed by atoms with van der Waals surface area (Å²) in [4.78, 5) is 19.7. The number of nitrogens with zero attached hydrogens (tertiary/aromatic N) is 3. The number of hydrogen-bond donors (Lipinski definition) is 0. The van der Waals surface area contributed by atoms with E-state index in [-0.39, 0.29) is 5.56 Å².